The first-order valence-electron chi connectivity index (χ1n) is 7.93. The lowest BCUT2D eigenvalue weighted by Gasteiger charge is -2.28. The molecule has 0 aromatic heterocycles. The first-order chi connectivity index (χ1) is 10.3. The van der Waals surface area contributed by atoms with E-state index in [1.165, 1.54) is 5.56 Å². The first-order valence-corrected chi connectivity index (χ1v) is 7.93. The first kappa shape index (κ1) is 16.3. The SMILES string of the molecule is Cc1ccccc1OCCCN(C)CCN1CCOCC1. The molecule has 0 aliphatic carbocycles. The number of nitrogens with zero attached hydrogens (tertiary/aromatic N) is 2. The summed E-state index contributed by atoms with van der Waals surface area (Å²) in [6.07, 6.45) is 1.06. The van der Waals surface area contributed by atoms with Crippen LogP contribution >= 0.6 is 0 Å². The predicted octanol–water partition coefficient (Wildman–Crippen LogP) is 2.03. The number of rotatable bonds is 8. The molecule has 0 amide bonds. The fourth-order valence-corrected chi connectivity index (χ4v) is 2.48. The van der Waals surface area contributed by atoms with E-state index in [0.717, 1.165) is 64.7 Å². The minimum Gasteiger partial charge on any atom is -0.493 e. The normalized spacial score (nSPS) is 16.3. The Morgan fingerprint density at radius 3 is 2.71 bits per heavy atom. The molecule has 0 N–H and O–H groups in total. The van der Waals surface area contributed by atoms with Crippen molar-refractivity contribution < 1.29 is 9.47 Å². The topological polar surface area (TPSA) is 24.9 Å². The Labute approximate surface area is 128 Å². The number of aryl methyl sites for hydroxylation is 1. The maximum Gasteiger partial charge on any atom is 0.122 e. The number of para-hydroxylation sites is 1. The Hall–Kier alpha value is -1.10. The molecule has 2 rings (SSSR count). The molecule has 0 radical (unpaired) electrons. The van der Waals surface area contributed by atoms with Gasteiger partial charge in [0.15, 0.2) is 0 Å². The molecule has 4 heteroatoms. The lowest BCUT2D eigenvalue weighted by molar-refractivity contribution is 0.0343. The van der Waals surface area contributed by atoms with E-state index in [9.17, 15) is 0 Å². The lowest BCUT2D eigenvalue weighted by atomic mass is 10.2. The van der Waals surface area contributed by atoms with Crippen LogP contribution in [0.1, 0.15) is 12.0 Å². The molecule has 1 heterocycles. The van der Waals surface area contributed by atoms with Crippen molar-refractivity contribution in [2.45, 2.75) is 13.3 Å². The van der Waals surface area contributed by atoms with Gasteiger partial charge in [-0.05, 0) is 32.0 Å². The summed E-state index contributed by atoms with van der Waals surface area (Å²) in [6.45, 7) is 10.1. The van der Waals surface area contributed by atoms with E-state index in [1.54, 1.807) is 0 Å². The molecule has 1 aliphatic rings. The Kier molecular flexibility index (Phi) is 7.00. The minimum atomic E-state index is 0.784. The van der Waals surface area contributed by atoms with Crippen LogP contribution in [-0.4, -0.2) is 69.4 Å². The fourth-order valence-electron chi connectivity index (χ4n) is 2.48. The van der Waals surface area contributed by atoms with Gasteiger partial charge in [-0.2, -0.15) is 0 Å². The summed E-state index contributed by atoms with van der Waals surface area (Å²) in [5.41, 5.74) is 1.21. The summed E-state index contributed by atoms with van der Waals surface area (Å²) in [7, 11) is 2.19. The molecule has 1 saturated heterocycles. The van der Waals surface area contributed by atoms with Gasteiger partial charge in [0.25, 0.3) is 0 Å². The van der Waals surface area contributed by atoms with Crippen molar-refractivity contribution >= 4 is 0 Å². The van der Waals surface area contributed by atoms with Crippen LogP contribution < -0.4 is 4.74 Å². The minimum absolute atomic E-state index is 0.784. The Balaban J connectivity index is 1.54. The van der Waals surface area contributed by atoms with Gasteiger partial charge in [-0.1, -0.05) is 18.2 Å². The van der Waals surface area contributed by atoms with Gasteiger partial charge in [-0.3, -0.25) is 4.90 Å². The molecule has 118 valence electrons. The van der Waals surface area contributed by atoms with Crippen molar-refractivity contribution in [2.75, 3.05) is 59.6 Å². The molecular formula is C17H28N2O2. The number of morpholine rings is 1. The molecule has 0 spiro atoms. The molecule has 21 heavy (non-hydrogen) atoms. The summed E-state index contributed by atoms with van der Waals surface area (Å²) < 4.78 is 11.2. The standard InChI is InChI=1S/C17H28N2O2/c1-16-6-3-4-7-17(16)21-13-5-8-18(2)9-10-19-11-14-20-15-12-19/h3-4,6-7H,5,8-15H2,1-2H3. The smallest absolute Gasteiger partial charge is 0.122 e. The highest BCUT2D eigenvalue weighted by Gasteiger charge is 2.10. The maximum atomic E-state index is 5.83. The van der Waals surface area contributed by atoms with E-state index < -0.39 is 0 Å². The Morgan fingerprint density at radius 1 is 1.19 bits per heavy atom. The highest BCUT2D eigenvalue weighted by molar-refractivity contribution is 5.31. The predicted molar refractivity (Wildman–Crippen MR) is 86.0 cm³/mol. The zero-order chi connectivity index (χ0) is 14.9. The van der Waals surface area contributed by atoms with Crippen molar-refractivity contribution in [1.29, 1.82) is 0 Å². The van der Waals surface area contributed by atoms with Crippen LogP contribution in [0.4, 0.5) is 0 Å². The van der Waals surface area contributed by atoms with E-state index >= 15 is 0 Å². The molecule has 0 atom stereocenters. The summed E-state index contributed by atoms with van der Waals surface area (Å²) in [4.78, 5) is 4.86. The monoisotopic (exact) mass is 292 g/mol. The van der Waals surface area contributed by atoms with Crippen molar-refractivity contribution in [2.24, 2.45) is 0 Å². The molecule has 4 nitrogen and oxygen atoms in total. The van der Waals surface area contributed by atoms with Crippen LogP contribution in [0.15, 0.2) is 24.3 Å². The van der Waals surface area contributed by atoms with E-state index in [-0.39, 0.29) is 0 Å². The second kappa shape index (κ2) is 9.03. The molecule has 1 aliphatic heterocycles. The quantitative estimate of drug-likeness (QED) is 0.685. The van der Waals surface area contributed by atoms with Crippen molar-refractivity contribution in [3.63, 3.8) is 0 Å². The largest absolute Gasteiger partial charge is 0.493 e. The Morgan fingerprint density at radius 2 is 1.95 bits per heavy atom. The zero-order valence-electron chi connectivity index (χ0n) is 13.4. The van der Waals surface area contributed by atoms with Gasteiger partial charge in [-0.25, -0.2) is 0 Å². The van der Waals surface area contributed by atoms with Crippen LogP contribution in [0, 0.1) is 6.92 Å². The lowest BCUT2D eigenvalue weighted by Crippen LogP contribution is -2.40. The van der Waals surface area contributed by atoms with E-state index in [1.807, 2.05) is 18.2 Å². The summed E-state index contributed by atoms with van der Waals surface area (Å²) in [5.74, 6) is 1.01. The number of benzene rings is 1. The van der Waals surface area contributed by atoms with Gasteiger partial charge in [0.05, 0.1) is 19.8 Å². The van der Waals surface area contributed by atoms with Crippen LogP contribution in [0.25, 0.3) is 0 Å². The van der Waals surface area contributed by atoms with Crippen LogP contribution in [0.5, 0.6) is 5.75 Å². The van der Waals surface area contributed by atoms with Gasteiger partial charge in [-0.15, -0.1) is 0 Å². The van der Waals surface area contributed by atoms with E-state index in [2.05, 4.69) is 29.8 Å². The molecule has 1 aromatic carbocycles. The molecular weight excluding hydrogens is 264 g/mol. The van der Waals surface area contributed by atoms with Crippen LogP contribution in [-0.2, 0) is 4.74 Å². The van der Waals surface area contributed by atoms with Gasteiger partial charge < -0.3 is 14.4 Å². The molecule has 0 bridgehead atoms. The van der Waals surface area contributed by atoms with E-state index in [0.29, 0.717) is 0 Å². The van der Waals surface area contributed by atoms with Crippen molar-refractivity contribution in [3.8, 4) is 5.75 Å². The number of likely N-dealkylation sites (N-methyl/N-ethyl adjacent to an activating group) is 1. The average molecular weight is 292 g/mol. The summed E-state index contributed by atoms with van der Waals surface area (Å²) in [6, 6.07) is 8.19. The third-order valence-corrected chi connectivity index (χ3v) is 3.94. The molecule has 0 unspecified atom stereocenters. The van der Waals surface area contributed by atoms with Crippen LogP contribution in [0.2, 0.25) is 0 Å². The van der Waals surface area contributed by atoms with Crippen LogP contribution in [0.3, 0.4) is 0 Å². The fraction of sp³-hybridized carbons (Fsp3) is 0.647. The maximum absolute atomic E-state index is 5.83. The van der Waals surface area contributed by atoms with Gasteiger partial charge >= 0.3 is 0 Å². The highest BCUT2D eigenvalue weighted by atomic mass is 16.5. The second-order valence-corrected chi connectivity index (χ2v) is 5.72. The van der Waals surface area contributed by atoms with Gasteiger partial charge in [0.2, 0.25) is 0 Å². The number of hydrogen-bond acceptors (Lipinski definition) is 4. The highest BCUT2D eigenvalue weighted by Crippen LogP contribution is 2.16. The molecule has 1 fully saturated rings. The number of ether oxygens (including phenoxy) is 2. The zero-order valence-corrected chi connectivity index (χ0v) is 13.4. The molecule has 1 aromatic rings. The molecule has 0 saturated carbocycles. The van der Waals surface area contributed by atoms with Gasteiger partial charge in [0, 0.05) is 32.7 Å². The average Bonchev–Trinajstić information content (AvgIpc) is 2.52. The van der Waals surface area contributed by atoms with Gasteiger partial charge in [0.1, 0.15) is 5.75 Å². The van der Waals surface area contributed by atoms with E-state index in [4.69, 9.17) is 9.47 Å². The third-order valence-electron chi connectivity index (χ3n) is 3.94. The Bertz CT molecular complexity index is 406. The second-order valence-electron chi connectivity index (χ2n) is 5.72. The summed E-state index contributed by atoms with van der Waals surface area (Å²) >= 11 is 0. The van der Waals surface area contributed by atoms with Crippen molar-refractivity contribution in [3.05, 3.63) is 29.8 Å². The third kappa shape index (κ3) is 6.04. The number of hydrogen-bond donors (Lipinski definition) is 0. The van der Waals surface area contributed by atoms with Crippen molar-refractivity contribution in [1.82, 2.24) is 9.80 Å². The summed E-state index contributed by atoms with van der Waals surface area (Å²) in [5, 5.41) is 0.